The maximum Gasteiger partial charge on any atom is 0.256 e. The highest BCUT2D eigenvalue weighted by Gasteiger charge is 2.34. The van der Waals surface area contributed by atoms with Gasteiger partial charge in [-0.3, -0.25) is 4.79 Å². The van der Waals surface area contributed by atoms with Crippen LogP contribution in [0.15, 0.2) is 10.6 Å². The lowest BCUT2D eigenvalue weighted by Crippen LogP contribution is -2.31. The predicted octanol–water partition coefficient (Wildman–Crippen LogP) is 3.72. The van der Waals surface area contributed by atoms with Gasteiger partial charge in [-0.15, -0.1) is 11.3 Å². The Bertz CT molecular complexity index is 655. The summed E-state index contributed by atoms with van der Waals surface area (Å²) >= 11 is 13.1. The van der Waals surface area contributed by atoms with Crippen LogP contribution in [0.2, 0.25) is 8.67 Å². The van der Waals surface area contributed by atoms with E-state index in [2.05, 4.69) is 10.1 Å². The number of aryl methyl sites for hydroxylation is 1. The molecule has 1 atom stereocenters. The minimum absolute atomic E-state index is 0.136. The highest BCUT2D eigenvalue weighted by molar-refractivity contribution is 7.20. The number of nitrogens with zero attached hydrogens (tertiary/aromatic N) is 3. The van der Waals surface area contributed by atoms with Gasteiger partial charge in [0, 0.05) is 13.5 Å². The summed E-state index contributed by atoms with van der Waals surface area (Å²) in [4.78, 5) is 18.5. The van der Waals surface area contributed by atoms with E-state index in [9.17, 15) is 4.79 Å². The molecule has 1 saturated heterocycles. The summed E-state index contributed by atoms with van der Waals surface area (Å²) in [6.45, 7) is 2.38. The fourth-order valence-electron chi connectivity index (χ4n) is 2.37. The standard InChI is InChI=1S/C12H11Cl2N3O2S/c1-6-15-11(16-19-6)8-3-2-4-17(8)12(18)7-5-9(13)20-10(7)14/h5,8H,2-4H2,1H3/t8-/m0/s1. The number of carbonyl (C=O) groups is 1. The topological polar surface area (TPSA) is 59.2 Å². The molecule has 8 heteroatoms. The number of amides is 1. The Kier molecular flexibility index (Phi) is 3.70. The molecule has 20 heavy (non-hydrogen) atoms. The first-order chi connectivity index (χ1) is 9.56. The van der Waals surface area contributed by atoms with Crippen LogP contribution in [0.25, 0.3) is 0 Å². The Morgan fingerprint density at radius 3 is 2.95 bits per heavy atom. The molecule has 3 rings (SSSR count). The van der Waals surface area contributed by atoms with Gasteiger partial charge in [0.2, 0.25) is 5.89 Å². The van der Waals surface area contributed by atoms with E-state index in [0.29, 0.717) is 32.5 Å². The van der Waals surface area contributed by atoms with Crippen LogP contribution >= 0.6 is 34.5 Å². The second kappa shape index (κ2) is 5.35. The minimum atomic E-state index is -0.158. The van der Waals surface area contributed by atoms with Crippen LogP contribution in [0, 0.1) is 6.92 Å². The van der Waals surface area contributed by atoms with Gasteiger partial charge >= 0.3 is 0 Å². The number of aromatic nitrogens is 2. The van der Waals surface area contributed by atoms with E-state index in [0.717, 1.165) is 12.8 Å². The highest BCUT2D eigenvalue weighted by Crippen LogP contribution is 2.36. The van der Waals surface area contributed by atoms with E-state index < -0.39 is 0 Å². The number of carbonyl (C=O) groups excluding carboxylic acids is 1. The lowest BCUT2D eigenvalue weighted by atomic mass is 10.2. The second-order valence-electron chi connectivity index (χ2n) is 4.57. The van der Waals surface area contributed by atoms with Crippen molar-refractivity contribution in [1.29, 1.82) is 0 Å². The Labute approximate surface area is 129 Å². The van der Waals surface area contributed by atoms with Gasteiger partial charge < -0.3 is 9.42 Å². The van der Waals surface area contributed by atoms with E-state index in [1.165, 1.54) is 11.3 Å². The molecule has 106 valence electrons. The van der Waals surface area contributed by atoms with Crippen LogP contribution in [0.3, 0.4) is 0 Å². The van der Waals surface area contributed by atoms with Gasteiger partial charge in [0.25, 0.3) is 5.91 Å². The molecule has 1 amide bonds. The SMILES string of the molecule is Cc1nc([C@@H]2CCCN2C(=O)c2cc(Cl)sc2Cl)no1. The van der Waals surface area contributed by atoms with Crippen LogP contribution in [0.4, 0.5) is 0 Å². The molecule has 1 aliphatic rings. The molecule has 2 aromatic rings. The third-order valence-electron chi connectivity index (χ3n) is 3.24. The van der Waals surface area contributed by atoms with Crippen molar-refractivity contribution in [3.63, 3.8) is 0 Å². The van der Waals surface area contributed by atoms with Gasteiger partial charge in [-0.2, -0.15) is 4.98 Å². The monoisotopic (exact) mass is 331 g/mol. The zero-order chi connectivity index (χ0) is 14.3. The molecule has 1 fully saturated rings. The molecule has 0 bridgehead atoms. The molecular formula is C12H11Cl2N3O2S. The molecule has 3 heterocycles. The van der Waals surface area contributed by atoms with Crippen LogP contribution in [0.5, 0.6) is 0 Å². The van der Waals surface area contributed by atoms with E-state index in [1.54, 1.807) is 17.9 Å². The largest absolute Gasteiger partial charge is 0.340 e. The molecule has 2 aromatic heterocycles. The molecular weight excluding hydrogens is 321 g/mol. The van der Waals surface area contributed by atoms with Crippen molar-refractivity contribution in [3.05, 3.63) is 32.0 Å². The fourth-order valence-corrected chi connectivity index (χ4v) is 3.82. The van der Waals surface area contributed by atoms with E-state index in [-0.39, 0.29) is 11.9 Å². The quantitative estimate of drug-likeness (QED) is 0.841. The summed E-state index contributed by atoms with van der Waals surface area (Å²) in [6, 6.07) is 1.45. The zero-order valence-electron chi connectivity index (χ0n) is 10.6. The van der Waals surface area contributed by atoms with Crippen molar-refractivity contribution in [1.82, 2.24) is 15.0 Å². The molecule has 0 aliphatic carbocycles. The molecule has 0 N–H and O–H groups in total. The molecule has 0 saturated carbocycles. The number of likely N-dealkylation sites (tertiary alicyclic amines) is 1. The van der Waals surface area contributed by atoms with Gasteiger partial charge in [0.15, 0.2) is 5.82 Å². The predicted molar refractivity (Wildman–Crippen MR) is 76.4 cm³/mol. The van der Waals surface area contributed by atoms with E-state index in [4.69, 9.17) is 27.7 Å². The van der Waals surface area contributed by atoms with Crippen LogP contribution in [-0.4, -0.2) is 27.5 Å². The molecule has 0 unspecified atom stereocenters. The lowest BCUT2D eigenvalue weighted by Gasteiger charge is -2.21. The van der Waals surface area contributed by atoms with E-state index >= 15 is 0 Å². The van der Waals surface area contributed by atoms with Gasteiger partial charge in [-0.1, -0.05) is 28.4 Å². The maximum atomic E-state index is 12.6. The molecule has 1 aliphatic heterocycles. The molecule has 0 spiro atoms. The summed E-state index contributed by atoms with van der Waals surface area (Å²) < 4.78 is 5.91. The van der Waals surface area contributed by atoms with Crippen molar-refractivity contribution >= 4 is 40.4 Å². The van der Waals surface area contributed by atoms with Gasteiger partial charge in [0.05, 0.1) is 15.9 Å². The molecule has 5 nitrogen and oxygen atoms in total. The smallest absolute Gasteiger partial charge is 0.256 e. The third-order valence-corrected chi connectivity index (χ3v) is 4.73. The Balaban J connectivity index is 1.89. The zero-order valence-corrected chi connectivity index (χ0v) is 12.9. The third kappa shape index (κ3) is 2.43. The van der Waals surface area contributed by atoms with Gasteiger partial charge in [-0.25, -0.2) is 0 Å². The number of hydrogen-bond donors (Lipinski definition) is 0. The van der Waals surface area contributed by atoms with Crippen LogP contribution in [0.1, 0.15) is 41.0 Å². The Morgan fingerprint density at radius 1 is 1.55 bits per heavy atom. The van der Waals surface area contributed by atoms with Crippen LogP contribution in [-0.2, 0) is 0 Å². The van der Waals surface area contributed by atoms with Gasteiger partial charge in [0.1, 0.15) is 4.34 Å². The normalized spacial score (nSPS) is 18.8. The summed E-state index contributed by atoms with van der Waals surface area (Å²) in [5.74, 6) is 0.907. The van der Waals surface area contributed by atoms with Crippen molar-refractivity contribution < 1.29 is 9.32 Å². The number of hydrogen-bond acceptors (Lipinski definition) is 5. The average molecular weight is 332 g/mol. The first-order valence-corrected chi connectivity index (χ1v) is 7.69. The minimum Gasteiger partial charge on any atom is -0.340 e. The summed E-state index contributed by atoms with van der Waals surface area (Å²) in [7, 11) is 0. The highest BCUT2D eigenvalue weighted by atomic mass is 35.5. The van der Waals surface area contributed by atoms with Crippen molar-refractivity contribution in [2.45, 2.75) is 25.8 Å². The molecule has 0 radical (unpaired) electrons. The summed E-state index contributed by atoms with van der Waals surface area (Å²) in [5, 5.41) is 3.92. The average Bonchev–Trinajstić information content (AvgIpc) is 3.08. The lowest BCUT2D eigenvalue weighted by molar-refractivity contribution is 0.0729. The summed E-state index contributed by atoms with van der Waals surface area (Å²) in [6.07, 6.45) is 1.72. The van der Waals surface area contributed by atoms with Crippen LogP contribution < -0.4 is 0 Å². The maximum absolute atomic E-state index is 12.6. The van der Waals surface area contributed by atoms with Crippen molar-refractivity contribution in [2.75, 3.05) is 6.54 Å². The first-order valence-electron chi connectivity index (χ1n) is 6.12. The number of rotatable bonds is 2. The number of thiophene rings is 1. The van der Waals surface area contributed by atoms with Crippen molar-refractivity contribution in [2.24, 2.45) is 0 Å². The summed E-state index contributed by atoms with van der Waals surface area (Å²) in [5.41, 5.74) is 0.439. The molecule has 0 aromatic carbocycles. The Hall–Kier alpha value is -1.11. The number of halogens is 2. The fraction of sp³-hybridized carbons (Fsp3) is 0.417. The van der Waals surface area contributed by atoms with E-state index in [1.807, 2.05) is 0 Å². The Morgan fingerprint density at radius 2 is 2.35 bits per heavy atom. The van der Waals surface area contributed by atoms with Gasteiger partial charge in [-0.05, 0) is 18.9 Å². The van der Waals surface area contributed by atoms with Crippen molar-refractivity contribution in [3.8, 4) is 0 Å². The second-order valence-corrected chi connectivity index (χ2v) is 6.85. The first kappa shape index (κ1) is 13.9.